The zero-order valence-electron chi connectivity index (χ0n) is 34.3. The SMILES string of the molecule is CCCOc1c2cccc1Cc1cc(C(=O)NCC(=O)OC)cc(c1O)Cc1cccc(c1OCCC)Cc1cc(NC(=O)[C@H](CC(C)C)NC(C)=O)cc(c1O)C2. The van der Waals surface area contributed by atoms with Crippen LogP contribution in [0.15, 0.2) is 60.7 Å². The Morgan fingerprint density at radius 3 is 1.55 bits per heavy atom. The molecule has 0 unspecified atom stereocenters. The number of anilines is 1. The number of rotatable bonds is 14. The number of hydrogen-bond acceptors (Lipinski definition) is 9. The number of phenolic OH excluding ortho intramolecular Hbond substituents is 2. The van der Waals surface area contributed by atoms with E-state index in [4.69, 9.17) is 14.2 Å². The van der Waals surface area contributed by atoms with E-state index in [-0.39, 0.29) is 67.0 Å². The van der Waals surface area contributed by atoms with Crippen LogP contribution in [0.1, 0.15) is 109 Å². The van der Waals surface area contributed by atoms with E-state index in [2.05, 4.69) is 16.0 Å². The first-order valence-electron chi connectivity index (χ1n) is 19.9. The number of nitrogens with one attached hydrogen (secondary N) is 3. The topological polar surface area (TPSA) is 173 Å². The summed E-state index contributed by atoms with van der Waals surface area (Å²) in [6.07, 6.45) is 2.72. The zero-order chi connectivity index (χ0) is 41.9. The highest BCUT2D eigenvalue weighted by molar-refractivity contribution is 5.97. The van der Waals surface area contributed by atoms with E-state index in [9.17, 15) is 29.4 Å². The van der Waals surface area contributed by atoms with Gasteiger partial charge in [0.2, 0.25) is 11.8 Å². The number of esters is 1. The Balaban J connectivity index is 1.72. The number of phenols is 2. The Morgan fingerprint density at radius 2 is 1.16 bits per heavy atom. The molecule has 5 rings (SSSR count). The highest BCUT2D eigenvalue weighted by Crippen LogP contribution is 2.39. The van der Waals surface area contributed by atoms with Crippen LogP contribution >= 0.6 is 0 Å². The maximum absolute atomic E-state index is 13.7. The molecule has 0 fully saturated rings. The predicted molar refractivity (Wildman–Crippen MR) is 222 cm³/mol. The molecule has 1 aliphatic carbocycles. The lowest BCUT2D eigenvalue weighted by atomic mass is 9.90. The first-order valence-corrected chi connectivity index (χ1v) is 19.9. The summed E-state index contributed by atoms with van der Waals surface area (Å²) in [6, 6.07) is 17.4. The molecule has 0 heterocycles. The van der Waals surface area contributed by atoms with E-state index >= 15 is 0 Å². The van der Waals surface area contributed by atoms with Crippen molar-refractivity contribution in [1.29, 1.82) is 0 Å². The molecule has 8 bridgehead atoms. The van der Waals surface area contributed by atoms with Gasteiger partial charge in [0.05, 0.1) is 20.3 Å². The first kappa shape index (κ1) is 43.1. The fourth-order valence-electron chi connectivity index (χ4n) is 7.20. The van der Waals surface area contributed by atoms with Crippen molar-refractivity contribution in [2.45, 2.75) is 85.6 Å². The first-order chi connectivity index (χ1) is 27.8. The Labute approximate surface area is 340 Å². The van der Waals surface area contributed by atoms with E-state index in [1.165, 1.54) is 14.0 Å². The summed E-state index contributed by atoms with van der Waals surface area (Å²) in [4.78, 5) is 51.2. The van der Waals surface area contributed by atoms with Crippen LogP contribution in [0.25, 0.3) is 0 Å². The maximum Gasteiger partial charge on any atom is 0.325 e. The largest absolute Gasteiger partial charge is 0.507 e. The molecule has 58 heavy (non-hydrogen) atoms. The Morgan fingerprint density at radius 1 is 0.707 bits per heavy atom. The summed E-state index contributed by atoms with van der Waals surface area (Å²) in [5.74, 6) is -0.380. The molecule has 0 spiro atoms. The van der Waals surface area contributed by atoms with Crippen molar-refractivity contribution < 1.29 is 43.6 Å². The van der Waals surface area contributed by atoms with Gasteiger partial charge in [-0.25, -0.2) is 0 Å². The molecule has 12 heteroatoms. The minimum Gasteiger partial charge on any atom is -0.507 e. The second-order valence-corrected chi connectivity index (χ2v) is 15.1. The second-order valence-electron chi connectivity index (χ2n) is 15.1. The maximum atomic E-state index is 13.7. The molecule has 3 amide bonds. The molecule has 5 N–H and O–H groups in total. The average molecular weight is 794 g/mol. The third kappa shape index (κ3) is 10.9. The number of carbonyl (C=O) groups is 4. The van der Waals surface area contributed by atoms with Gasteiger partial charge >= 0.3 is 5.97 Å². The fourth-order valence-corrected chi connectivity index (χ4v) is 7.20. The minimum absolute atomic E-state index is 0.0218. The number of fused-ring (bicyclic) bond motifs is 8. The smallest absolute Gasteiger partial charge is 0.325 e. The molecule has 1 atom stereocenters. The molecular weight excluding hydrogens is 739 g/mol. The van der Waals surface area contributed by atoms with Crippen LogP contribution in [-0.4, -0.2) is 66.8 Å². The standard InChI is InChI=1S/C46H55N3O9/c1-7-15-57-43-29-11-9-13-31(43)20-35-24-38(49-46(55)39(17-27(3)4)48-28(5)50)25-36(42(35)53)21-32-14-10-12-30(44(32)58-16-8-2)19-34-23-37(22-33(18-29)41(34)52)45(54)47-26-40(51)56-6/h9-14,22-25,27,39,52-53H,7-8,15-21,26H2,1-6H3,(H,47,54)(H,48,50)(H,49,55)/t39-/m0/s1. The molecule has 0 saturated heterocycles. The van der Waals surface area contributed by atoms with Gasteiger partial charge in [-0.3, -0.25) is 19.2 Å². The molecule has 0 aliphatic heterocycles. The number of hydrogen-bond donors (Lipinski definition) is 5. The van der Waals surface area contributed by atoms with Gasteiger partial charge in [-0.2, -0.15) is 0 Å². The van der Waals surface area contributed by atoms with E-state index in [1.807, 2.05) is 64.1 Å². The monoisotopic (exact) mass is 793 g/mol. The molecule has 4 aromatic carbocycles. The van der Waals surface area contributed by atoms with Crippen LogP contribution in [0, 0.1) is 5.92 Å². The third-order valence-corrected chi connectivity index (χ3v) is 9.87. The van der Waals surface area contributed by atoms with E-state index in [0.29, 0.717) is 59.1 Å². The molecule has 0 saturated carbocycles. The van der Waals surface area contributed by atoms with Crippen LogP contribution in [0.4, 0.5) is 5.69 Å². The predicted octanol–water partition coefficient (Wildman–Crippen LogP) is 6.74. The number of amides is 3. The fraction of sp³-hybridized carbons (Fsp3) is 0.391. The van der Waals surface area contributed by atoms with Gasteiger partial charge in [-0.15, -0.1) is 0 Å². The highest BCUT2D eigenvalue weighted by atomic mass is 16.5. The van der Waals surface area contributed by atoms with E-state index in [0.717, 1.165) is 35.1 Å². The van der Waals surface area contributed by atoms with Crippen molar-refractivity contribution in [3.8, 4) is 23.0 Å². The summed E-state index contributed by atoms with van der Waals surface area (Å²) in [6.45, 7) is 9.84. The Kier molecular flexibility index (Phi) is 14.8. The normalized spacial score (nSPS) is 12.6. The van der Waals surface area contributed by atoms with Gasteiger partial charge in [-0.1, -0.05) is 64.1 Å². The summed E-state index contributed by atoms with van der Waals surface area (Å²) in [5, 5.41) is 32.4. The van der Waals surface area contributed by atoms with Crippen molar-refractivity contribution in [3.05, 3.63) is 111 Å². The Hall–Kier alpha value is -6.04. The van der Waals surface area contributed by atoms with Crippen molar-refractivity contribution in [2.75, 3.05) is 32.2 Å². The van der Waals surface area contributed by atoms with Crippen molar-refractivity contribution in [3.63, 3.8) is 0 Å². The van der Waals surface area contributed by atoms with Crippen LogP contribution in [0.2, 0.25) is 0 Å². The third-order valence-electron chi connectivity index (χ3n) is 9.87. The van der Waals surface area contributed by atoms with Gasteiger partial charge in [0.1, 0.15) is 35.6 Å². The number of benzene rings is 4. The van der Waals surface area contributed by atoms with Crippen molar-refractivity contribution >= 4 is 29.4 Å². The highest BCUT2D eigenvalue weighted by Gasteiger charge is 2.25. The van der Waals surface area contributed by atoms with Gasteiger partial charge in [0.25, 0.3) is 5.91 Å². The van der Waals surface area contributed by atoms with Crippen molar-refractivity contribution in [2.24, 2.45) is 5.92 Å². The molecule has 12 nitrogen and oxygen atoms in total. The number of para-hydroxylation sites is 2. The summed E-state index contributed by atoms with van der Waals surface area (Å²) < 4.78 is 17.5. The lowest BCUT2D eigenvalue weighted by Gasteiger charge is -2.22. The number of carbonyl (C=O) groups excluding carboxylic acids is 4. The average Bonchev–Trinajstić information content (AvgIpc) is 3.18. The summed E-state index contributed by atoms with van der Waals surface area (Å²) >= 11 is 0. The molecule has 0 radical (unpaired) electrons. The zero-order valence-corrected chi connectivity index (χ0v) is 34.3. The number of methoxy groups -OCH3 is 1. The van der Waals surface area contributed by atoms with Gasteiger partial charge in [0, 0.05) is 55.0 Å². The van der Waals surface area contributed by atoms with Crippen LogP contribution < -0.4 is 25.4 Å². The van der Waals surface area contributed by atoms with Crippen LogP contribution in [0.3, 0.4) is 0 Å². The number of ether oxygens (including phenoxy) is 3. The van der Waals surface area contributed by atoms with Crippen LogP contribution in [0.5, 0.6) is 23.0 Å². The van der Waals surface area contributed by atoms with Gasteiger partial charge in [-0.05, 0) is 82.8 Å². The van der Waals surface area contributed by atoms with E-state index < -0.39 is 17.9 Å². The van der Waals surface area contributed by atoms with E-state index in [1.54, 1.807) is 24.3 Å². The lowest BCUT2D eigenvalue weighted by Crippen LogP contribution is -2.43. The van der Waals surface area contributed by atoms with Crippen molar-refractivity contribution in [1.82, 2.24) is 10.6 Å². The summed E-state index contributed by atoms with van der Waals surface area (Å²) in [7, 11) is 1.25. The van der Waals surface area contributed by atoms with Gasteiger partial charge in [0.15, 0.2) is 0 Å². The number of aromatic hydroxyl groups is 2. The second kappa shape index (κ2) is 19.9. The molecule has 308 valence electrons. The molecule has 0 aromatic heterocycles. The lowest BCUT2D eigenvalue weighted by molar-refractivity contribution is -0.139. The summed E-state index contributed by atoms with van der Waals surface area (Å²) in [5.41, 5.74) is 5.78. The molecular formula is C46H55N3O9. The quantitative estimate of drug-likeness (QED) is 0.0603. The van der Waals surface area contributed by atoms with Gasteiger partial charge < -0.3 is 40.4 Å². The van der Waals surface area contributed by atoms with Crippen LogP contribution in [-0.2, 0) is 44.8 Å². The Bertz CT molecular complexity index is 2040. The molecule has 1 aliphatic rings. The minimum atomic E-state index is -0.756. The molecule has 4 aromatic rings.